The van der Waals surface area contributed by atoms with E-state index in [0.717, 1.165) is 5.08 Å². The molecular formula is C5H8N2O2S3. The smallest absolute Gasteiger partial charge is 0.243 e. The minimum absolute atomic E-state index is 0.0357. The lowest BCUT2D eigenvalue weighted by Gasteiger charge is -2.18. The van der Waals surface area contributed by atoms with Crippen LogP contribution in [0.2, 0.25) is 0 Å². The molecule has 1 atom stereocenters. The van der Waals surface area contributed by atoms with Crippen molar-refractivity contribution in [1.82, 2.24) is 5.32 Å². The topological polar surface area (TPSA) is 61.7 Å². The summed E-state index contributed by atoms with van der Waals surface area (Å²) in [7, 11) is 1.60. The van der Waals surface area contributed by atoms with E-state index >= 15 is 0 Å². The minimum atomic E-state index is -0.179. The van der Waals surface area contributed by atoms with E-state index in [9.17, 15) is 4.79 Å². The highest BCUT2D eigenvalue weighted by Gasteiger charge is 2.25. The lowest BCUT2D eigenvalue weighted by atomic mass is 10.7. The van der Waals surface area contributed by atoms with Gasteiger partial charge in [-0.25, -0.2) is 0 Å². The van der Waals surface area contributed by atoms with Gasteiger partial charge in [0.1, 0.15) is 4.58 Å². The molecule has 0 aromatic heterocycles. The molecule has 1 aliphatic heterocycles. The van der Waals surface area contributed by atoms with Gasteiger partial charge >= 0.3 is 0 Å². The highest BCUT2D eigenvalue weighted by Crippen LogP contribution is 2.37. The van der Waals surface area contributed by atoms with Crippen LogP contribution in [0.3, 0.4) is 0 Å². The average molecular weight is 224 g/mol. The first-order chi connectivity index (χ1) is 5.77. The molecule has 1 rings (SSSR count). The molecule has 1 fully saturated rings. The molecule has 0 aromatic rings. The third-order valence-corrected chi connectivity index (χ3v) is 5.06. The lowest BCUT2D eigenvalue weighted by molar-refractivity contribution is -0.118. The van der Waals surface area contributed by atoms with Crippen molar-refractivity contribution in [3.8, 4) is 0 Å². The van der Waals surface area contributed by atoms with Gasteiger partial charge < -0.3 is 10.5 Å². The molecule has 0 spiro atoms. The summed E-state index contributed by atoms with van der Waals surface area (Å²) in [6, 6.07) is 0. The maximum atomic E-state index is 11.1. The summed E-state index contributed by atoms with van der Waals surface area (Å²) >= 11 is 4.26. The first-order valence-electron chi connectivity index (χ1n) is 3.12. The van der Waals surface area contributed by atoms with E-state index in [1.165, 1.54) is 35.3 Å². The van der Waals surface area contributed by atoms with Crippen LogP contribution in [0, 0.1) is 0 Å². The highest BCUT2D eigenvalue weighted by atomic mass is 32.3. The molecule has 1 aliphatic rings. The van der Waals surface area contributed by atoms with Gasteiger partial charge in [0.2, 0.25) is 5.91 Å². The number of nitrogens with zero attached hydrogens (tertiary/aromatic N) is 1. The van der Waals surface area contributed by atoms with E-state index in [-0.39, 0.29) is 10.5 Å². The van der Waals surface area contributed by atoms with Gasteiger partial charge in [-0.05, 0) is 0 Å². The summed E-state index contributed by atoms with van der Waals surface area (Å²) < 4.78 is 0.379. The van der Waals surface area contributed by atoms with Crippen molar-refractivity contribution in [3.05, 3.63) is 0 Å². The first kappa shape index (κ1) is 10.1. The minimum Gasteiger partial charge on any atom is -0.410 e. The molecule has 2 N–H and O–H groups in total. The summed E-state index contributed by atoms with van der Waals surface area (Å²) in [5.74, 6) is -0.0357. The second kappa shape index (κ2) is 4.88. The van der Waals surface area contributed by atoms with Crippen LogP contribution in [-0.2, 0) is 4.79 Å². The Morgan fingerprint density at radius 3 is 3.17 bits per heavy atom. The molecule has 1 heterocycles. The quantitative estimate of drug-likeness (QED) is 0.513. The lowest BCUT2D eigenvalue weighted by Crippen LogP contribution is -2.29. The van der Waals surface area contributed by atoms with Crippen molar-refractivity contribution in [2.24, 2.45) is 5.16 Å². The molecule has 68 valence electrons. The Bertz CT molecular complexity index is 209. The standard InChI is InChI=1S/C5H8N2O2S3/c1-6-3(8)4-10-2-11-5(7-9)12-4/h4,9H,2H2,1H3,(H,6,8)/b7-5-. The van der Waals surface area contributed by atoms with E-state index < -0.39 is 0 Å². The predicted octanol–water partition coefficient (Wildman–Crippen LogP) is 0.974. The van der Waals surface area contributed by atoms with E-state index in [0.29, 0.717) is 4.38 Å². The SMILES string of the molecule is CNC(=O)C1SCS/C(=N/O)S1. The molecule has 1 saturated heterocycles. The van der Waals surface area contributed by atoms with Crippen molar-refractivity contribution in [2.45, 2.75) is 4.58 Å². The fourth-order valence-corrected chi connectivity index (χ4v) is 4.78. The molecule has 0 saturated carbocycles. The van der Waals surface area contributed by atoms with Crippen molar-refractivity contribution in [2.75, 3.05) is 12.1 Å². The Kier molecular flexibility index (Phi) is 4.10. The van der Waals surface area contributed by atoms with Crippen LogP contribution in [0.1, 0.15) is 0 Å². The normalized spacial score (nSPS) is 27.1. The zero-order valence-electron chi connectivity index (χ0n) is 6.31. The van der Waals surface area contributed by atoms with Gasteiger partial charge in [0.25, 0.3) is 0 Å². The largest absolute Gasteiger partial charge is 0.410 e. The number of oxime groups is 1. The molecule has 1 unspecified atom stereocenters. The molecule has 0 aromatic carbocycles. The van der Waals surface area contributed by atoms with Gasteiger partial charge in [-0.2, -0.15) is 0 Å². The second-order valence-corrected chi connectivity index (χ2v) is 5.93. The highest BCUT2D eigenvalue weighted by molar-refractivity contribution is 8.48. The van der Waals surface area contributed by atoms with Crippen LogP contribution in [0.4, 0.5) is 0 Å². The Morgan fingerprint density at radius 1 is 1.83 bits per heavy atom. The maximum absolute atomic E-state index is 11.1. The van der Waals surface area contributed by atoms with Crippen molar-refractivity contribution < 1.29 is 10.0 Å². The third-order valence-electron chi connectivity index (χ3n) is 1.15. The van der Waals surface area contributed by atoms with Crippen LogP contribution in [0.5, 0.6) is 0 Å². The van der Waals surface area contributed by atoms with Crippen LogP contribution < -0.4 is 5.32 Å². The Balaban J connectivity index is 2.51. The van der Waals surface area contributed by atoms with E-state index in [1.807, 2.05) is 0 Å². The number of carbonyl (C=O) groups excluding carboxylic acids is 1. The molecule has 0 aliphatic carbocycles. The maximum Gasteiger partial charge on any atom is 0.243 e. The predicted molar refractivity (Wildman–Crippen MR) is 54.7 cm³/mol. The number of thioether (sulfide) groups is 3. The van der Waals surface area contributed by atoms with Crippen molar-refractivity contribution in [3.63, 3.8) is 0 Å². The van der Waals surface area contributed by atoms with Crippen molar-refractivity contribution >= 4 is 45.6 Å². The second-order valence-electron chi connectivity index (χ2n) is 1.86. The van der Waals surface area contributed by atoms with Gasteiger partial charge in [-0.3, -0.25) is 4.79 Å². The Labute approximate surface area is 82.9 Å². The van der Waals surface area contributed by atoms with Crippen molar-refractivity contribution in [1.29, 1.82) is 0 Å². The van der Waals surface area contributed by atoms with Crippen LogP contribution in [-0.4, -0.2) is 32.2 Å². The molecular weight excluding hydrogens is 216 g/mol. The van der Waals surface area contributed by atoms with E-state index in [1.54, 1.807) is 7.05 Å². The zero-order valence-corrected chi connectivity index (χ0v) is 8.76. The summed E-state index contributed by atoms with van der Waals surface area (Å²) in [5.41, 5.74) is 0. The van der Waals surface area contributed by atoms with Crippen LogP contribution >= 0.6 is 35.3 Å². The molecule has 12 heavy (non-hydrogen) atoms. The summed E-state index contributed by atoms with van der Waals surface area (Å²) in [5, 5.41) is 14.8. The fourth-order valence-electron chi connectivity index (χ4n) is 0.605. The number of carbonyl (C=O) groups is 1. The van der Waals surface area contributed by atoms with Gasteiger partial charge in [-0.1, -0.05) is 28.7 Å². The number of nitrogens with one attached hydrogen (secondary N) is 1. The zero-order chi connectivity index (χ0) is 8.97. The first-order valence-corrected chi connectivity index (χ1v) is 6.04. The molecule has 1 amide bonds. The number of rotatable bonds is 1. The summed E-state index contributed by atoms with van der Waals surface area (Å²) in [6.07, 6.45) is 0. The van der Waals surface area contributed by atoms with E-state index in [2.05, 4.69) is 10.5 Å². The third kappa shape index (κ3) is 2.49. The van der Waals surface area contributed by atoms with Crippen LogP contribution in [0.15, 0.2) is 5.16 Å². The number of hydrogen-bond acceptors (Lipinski definition) is 6. The van der Waals surface area contributed by atoms with Crippen LogP contribution in [0.25, 0.3) is 0 Å². The van der Waals surface area contributed by atoms with E-state index in [4.69, 9.17) is 5.21 Å². The monoisotopic (exact) mass is 224 g/mol. The van der Waals surface area contributed by atoms with Gasteiger partial charge in [0.15, 0.2) is 4.38 Å². The summed E-state index contributed by atoms with van der Waals surface area (Å²) in [4.78, 5) is 11.1. The van der Waals surface area contributed by atoms with Gasteiger partial charge in [0.05, 0.1) is 0 Å². The molecule has 0 radical (unpaired) electrons. The van der Waals surface area contributed by atoms with Gasteiger partial charge in [0, 0.05) is 12.1 Å². The fraction of sp³-hybridized carbons (Fsp3) is 0.600. The van der Waals surface area contributed by atoms with Gasteiger partial charge in [-0.15, -0.1) is 11.8 Å². The Morgan fingerprint density at radius 2 is 2.58 bits per heavy atom. The molecule has 7 heteroatoms. The number of hydrogen-bond donors (Lipinski definition) is 2. The number of amides is 1. The Hall–Kier alpha value is -0.0100. The molecule has 0 bridgehead atoms. The summed E-state index contributed by atoms with van der Waals surface area (Å²) in [6.45, 7) is 0. The average Bonchev–Trinajstić information content (AvgIpc) is 2.17. The molecule has 4 nitrogen and oxygen atoms in total.